The summed E-state index contributed by atoms with van der Waals surface area (Å²) in [5, 5.41) is 4.36. The minimum atomic E-state index is -0.238. The van der Waals surface area contributed by atoms with Crippen molar-refractivity contribution in [3.8, 4) is 11.1 Å². The van der Waals surface area contributed by atoms with Gasteiger partial charge in [0.25, 0.3) is 0 Å². The van der Waals surface area contributed by atoms with Crippen LogP contribution in [0.15, 0.2) is 59.3 Å². The minimum absolute atomic E-state index is 0.238. The van der Waals surface area contributed by atoms with Crippen molar-refractivity contribution in [1.29, 1.82) is 0 Å². The van der Waals surface area contributed by atoms with E-state index >= 15 is 0 Å². The number of aromatic nitrogens is 2. The second-order valence-corrected chi connectivity index (χ2v) is 6.77. The van der Waals surface area contributed by atoms with Gasteiger partial charge in [0.2, 0.25) is 0 Å². The number of rotatable bonds is 3. The van der Waals surface area contributed by atoms with Crippen LogP contribution in [0.2, 0.25) is 0 Å². The van der Waals surface area contributed by atoms with Crippen molar-refractivity contribution in [3.63, 3.8) is 0 Å². The van der Waals surface area contributed by atoms with E-state index in [0.29, 0.717) is 6.54 Å². The Labute approximate surface area is 144 Å². The lowest BCUT2D eigenvalue weighted by Crippen LogP contribution is -2.01. The first-order valence-electron chi connectivity index (χ1n) is 6.34. The number of benzene rings is 2. The molecule has 0 atom stereocenters. The molecular formula is C16H11BrFIN2. The van der Waals surface area contributed by atoms with Crippen molar-refractivity contribution in [2.75, 3.05) is 0 Å². The number of halogens is 3. The molecule has 0 aliphatic carbocycles. The topological polar surface area (TPSA) is 17.8 Å². The molecule has 0 radical (unpaired) electrons. The molecule has 0 saturated heterocycles. The Morgan fingerprint density at radius 3 is 2.81 bits per heavy atom. The average Bonchev–Trinajstić information content (AvgIpc) is 2.91. The third-order valence-electron chi connectivity index (χ3n) is 3.13. The molecule has 1 aromatic heterocycles. The van der Waals surface area contributed by atoms with Crippen LogP contribution in [0.5, 0.6) is 0 Å². The summed E-state index contributed by atoms with van der Waals surface area (Å²) in [6.45, 7) is 0.530. The van der Waals surface area contributed by atoms with E-state index in [9.17, 15) is 4.39 Å². The molecule has 0 aliphatic heterocycles. The first-order valence-corrected chi connectivity index (χ1v) is 8.21. The third kappa shape index (κ3) is 3.52. The fourth-order valence-corrected chi connectivity index (χ4v) is 3.02. The highest BCUT2D eigenvalue weighted by molar-refractivity contribution is 14.1. The Hall–Kier alpha value is -1.21. The molecule has 2 aromatic carbocycles. The molecule has 0 saturated carbocycles. The van der Waals surface area contributed by atoms with E-state index < -0.39 is 0 Å². The van der Waals surface area contributed by atoms with Gasteiger partial charge < -0.3 is 0 Å². The largest absolute Gasteiger partial charge is 0.268 e. The SMILES string of the molecule is Fc1ccc(Br)c(Cn2cc(-c3cccc(I)c3)cn2)c1. The van der Waals surface area contributed by atoms with Crippen LogP contribution in [0.25, 0.3) is 11.1 Å². The molecule has 0 aliphatic rings. The van der Waals surface area contributed by atoms with Gasteiger partial charge in [0.1, 0.15) is 5.82 Å². The predicted molar refractivity (Wildman–Crippen MR) is 93.6 cm³/mol. The Morgan fingerprint density at radius 1 is 1.14 bits per heavy atom. The van der Waals surface area contributed by atoms with Crippen LogP contribution < -0.4 is 0 Å². The van der Waals surface area contributed by atoms with E-state index in [0.717, 1.165) is 21.2 Å². The van der Waals surface area contributed by atoms with Crippen molar-refractivity contribution < 1.29 is 4.39 Å². The standard InChI is InChI=1S/C16H11BrFIN2/c17-16-5-4-14(18)6-12(16)9-21-10-13(8-20-21)11-2-1-3-15(19)7-11/h1-8,10H,9H2. The zero-order valence-corrected chi connectivity index (χ0v) is 14.7. The quantitative estimate of drug-likeness (QED) is 0.501. The lowest BCUT2D eigenvalue weighted by Gasteiger charge is -2.05. The third-order valence-corrected chi connectivity index (χ3v) is 4.58. The van der Waals surface area contributed by atoms with E-state index in [-0.39, 0.29) is 5.82 Å². The van der Waals surface area contributed by atoms with Crippen molar-refractivity contribution in [2.24, 2.45) is 0 Å². The maximum atomic E-state index is 13.3. The zero-order chi connectivity index (χ0) is 14.8. The van der Waals surface area contributed by atoms with Gasteiger partial charge in [-0.3, -0.25) is 4.68 Å². The molecule has 0 fully saturated rings. The maximum absolute atomic E-state index is 13.3. The summed E-state index contributed by atoms with van der Waals surface area (Å²) in [7, 11) is 0. The normalized spacial score (nSPS) is 10.8. The average molecular weight is 457 g/mol. The van der Waals surface area contributed by atoms with Gasteiger partial charge in [-0.1, -0.05) is 28.1 Å². The van der Waals surface area contributed by atoms with E-state index in [1.807, 2.05) is 23.1 Å². The number of nitrogens with zero attached hydrogens (tertiary/aromatic N) is 2. The molecular weight excluding hydrogens is 446 g/mol. The van der Waals surface area contributed by atoms with E-state index in [4.69, 9.17) is 0 Å². The van der Waals surface area contributed by atoms with E-state index in [1.54, 1.807) is 6.07 Å². The van der Waals surface area contributed by atoms with Crippen LogP contribution in [-0.2, 0) is 6.54 Å². The molecule has 1 heterocycles. The summed E-state index contributed by atoms with van der Waals surface area (Å²) >= 11 is 5.73. The molecule has 0 unspecified atom stereocenters. The van der Waals surface area contributed by atoms with Gasteiger partial charge in [-0.2, -0.15) is 5.10 Å². The fraction of sp³-hybridized carbons (Fsp3) is 0.0625. The van der Waals surface area contributed by atoms with Gasteiger partial charge >= 0.3 is 0 Å². The maximum Gasteiger partial charge on any atom is 0.123 e. The highest BCUT2D eigenvalue weighted by Gasteiger charge is 2.06. The molecule has 0 spiro atoms. The van der Waals surface area contributed by atoms with Crippen molar-refractivity contribution in [1.82, 2.24) is 9.78 Å². The Morgan fingerprint density at radius 2 is 2.00 bits per heavy atom. The molecule has 3 rings (SSSR count). The van der Waals surface area contributed by atoms with Gasteiger partial charge in [0.15, 0.2) is 0 Å². The van der Waals surface area contributed by atoms with E-state index in [1.165, 1.54) is 15.7 Å². The van der Waals surface area contributed by atoms with Gasteiger partial charge in [-0.25, -0.2) is 4.39 Å². The lowest BCUT2D eigenvalue weighted by atomic mass is 10.1. The Balaban J connectivity index is 1.87. The first-order chi connectivity index (χ1) is 10.1. The Bertz CT molecular complexity index is 785. The van der Waals surface area contributed by atoms with Gasteiger partial charge in [-0.05, 0) is 64.0 Å². The van der Waals surface area contributed by atoms with Crippen molar-refractivity contribution in [3.05, 3.63) is 74.3 Å². The van der Waals surface area contributed by atoms with Crippen LogP contribution >= 0.6 is 38.5 Å². The lowest BCUT2D eigenvalue weighted by molar-refractivity contribution is 0.618. The van der Waals surface area contributed by atoms with E-state index in [2.05, 4.69) is 61.8 Å². The molecule has 0 N–H and O–H groups in total. The van der Waals surface area contributed by atoms with Crippen LogP contribution in [-0.4, -0.2) is 9.78 Å². The summed E-state index contributed by atoms with van der Waals surface area (Å²) in [5.74, 6) is -0.238. The zero-order valence-electron chi connectivity index (χ0n) is 10.9. The number of hydrogen-bond acceptors (Lipinski definition) is 1. The second kappa shape index (κ2) is 6.27. The smallest absolute Gasteiger partial charge is 0.123 e. The Kier molecular flexibility index (Phi) is 4.40. The van der Waals surface area contributed by atoms with Crippen LogP contribution in [0, 0.1) is 9.39 Å². The number of hydrogen-bond donors (Lipinski definition) is 0. The van der Waals surface area contributed by atoms with Crippen LogP contribution in [0.1, 0.15) is 5.56 Å². The van der Waals surface area contributed by atoms with Gasteiger partial charge in [-0.15, -0.1) is 0 Å². The van der Waals surface area contributed by atoms with Crippen LogP contribution in [0.4, 0.5) is 4.39 Å². The second-order valence-electron chi connectivity index (χ2n) is 4.67. The van der Waals surface area contributed by atoms with Gasteiger partial charge in [0.05, 0.1) is 12.7 Å². The minimum Gasteiger partial charge on any atom is -0.268 e. The monoisotopic (exact) mass is 456 g/mol. The summed E-state index contributed by atoms with van der Waals surface area (Å²) in [4.78, 5) is 0. The highest BCUT2D eigenvalue weighted by Crippen LogP contribution is 2.22. The van der Waals surface area contributed by atoms with Crippen molar-refractivity contribution in [2.45, 2.75) is 6.54 Å². The summed E-state index contributed by atoms with van der Waals surface area (Å²) in [6, 6.07) is 12.9. The summed E-state index contributed by atoms with van der Waals surface area (Å²) in [6.07, 6.45) is 3.81. The van der Waals surface area contributed by atoms with Gasteiger partial charge in [0, 0.05) is 19.8 Å². The summed E-state index contributed by atoms with van der Waals surface area (Å²) in [5.41, 5.74) is 3.06. The molecule has 5 heteroatoms. The molecule has 106 valence electrons. The molecule has 0 bridgehead atoms. The molecule has 21 heavy (non-hydrogen) atoms. The predicted octanol–water partition coefficient (Wildman–Crippen LogP) is 5.10. The highest BCUT2D eigenvalue weighted by atomic mass is 127. The van der Waals surface area contributed by atoms with Crippen LogP contribution in [0.3, 0.4) is 0 Å². The first kappa shape index (κ1) is 14.7. The molecule has 3 aromatic rings. The fourth-order valence-electron chi connectivity index (χ4n) is 2.11. The summed E-state index contributed by atoms with van der Waals surface area (Å²) < 4.78 is 17.2. The molecule has 0 amide bonds. The molecule has 2 nitrogen and oxygen atoms in total. The van der Waals surface area contributed by atoms with Crippen molar-refractivity contribution >= 4 is 38.5 Å².